The van der Waals surface area contributed by atoms with Crippen molar-refractivity contribution < 1.29 is 5.11 Å². The van der Waals surface area contributed by atoms with Gasteiger partial charge in [-0.25, -0.2) is 0 Å². The third kappa shape index (κ3) is 2.37. The van der Waals surface area contributed by atoms with E-state index in [1.54, 1.807) is 0 Å². The Hall–Kier alpha value is -1.28. The average molecular weight is 231 g/mol. The summed E-state index contributed by atoms with van der Waals surface area (Å²) in [6, 6.07) is 8.53. The molecule has 17 heavy (non-hydrogen) atoms. The van der Waals surface area contributed by atoms with E-state index in [1.165, 1.54) is 16.5 Å². The lowest BCUT2D eigenvalue weighted by Crippen LogP contribution is -2.21. The molecule has 0 aliphatic rings. The molecule has 0 fully saturated rings. The van der Waals surface area contributed by atoms with Gasteiger partial charge in [-0.3, -0.25) is 0 Å². The number of benzene rings is 1. The topological polar surface area (TPSA) is 25.2 Å². The Morgan fingerprint density at radius 2 is 2.00 bits per heavy atom. The molecule has 0 spiro atoms. The van der Waals surface area contributed by atoms with E-state index in [2.05, 4.69) is 55.8 Å². The van der Waals surface area contributed by atoms with Gasteiger partial charge in [0.15, 0.2) is 0 Å². The number of nitrogens with zero attached hydrogens (tertiary/aromatic N) is 1. The molecule has 0 amide bonds. The van der Waals surface area contributed by atoms with Crippen molar-refractivity contribution in [3.63, 3.8) is 0 Å². The van der Waals surface area contributed by atoms with Gasteiger partial charge in [-0.05, 0) is 29.4 Å². The van der Waals surface area contributed by atoms with Crippen molar-refractivity contribution in [1.82, 2.24) is 4.57 Å². The van der Waals surface area contributed by atoms with Crippen LogP contribution in [-0.2, 0) is 13.0 Å². The van der Waals surface area contributed by atoms with E-state index in [-0.39, 0.29) is 6.10 Å². The monoisotopic (exact) mass is 231 g/mol. The number of aliphatic hydroxyl groups is 1. The van der Waals surface area contributed by atoms with E-state index in [4.69, 9.17) is 0 Å². The number of fused-ring (bicyclic) bond motifs is 1. The summed E-state index contributed by atoms with van der Waals surface area (Å²) < 4.78 is 2.18. The Balaban J connectivity index is 2.41. The minimum absolute atomic E-state index is 0.282. The van der Waals surface area contributed by atoms with Gasteiger partial charge in [0, 0.05) is 12.7 Å². The lowest BCUT2D eigenvalue weighted by Gasteiger charge is -2.17. The Labute approximate surface area is 103 Å². The average Bonchev–Trinajstić information content (AvgIpc) is 2.72. The van der Waals surface area contributed by atoms with E-state index in [9.17, 15) is 5.11 Å². The van der Waals surface area contributed by atoms with Gasteiger partial charge in [0.1, 0.15) is 0 Å². The van der Waals surface area contributed by atoms with E-state index < -0.39 is 0 Å². The van der Waals surface area contributed by atoms with Crippen LogP contribution in [0.3, 0.4) is 0 Å². The fourth-order valence-electron chi connectivity index (χ4n) is 2.19. The molecule has 2 nitrogen and oxygen atoms in total. The summed E-state index contributed by atoms with van der Waals surface area (Å²) >= 11 is 0. The molecule has 1 atom stereocenters. The summed E-state index contributed by atoms with van der Waals surface area (Å²) in [5.41, 5.74) is 2.62. The molecule has 1 aromatic carbocycles. The van der Waals surface area contributed by atoms with Crippen LogP contribution in [0.4, 0.5) is 0 Å². The second-order valence-corrected chi connectivity index (χ2v) is 4.99. The molecule has 1 N–H and O–H groups in total. The zero-order valence-corrected chi connectivity index (χ0v) is 10.9. The lowest BCUT2D eigenvalue weighted by atomic mass is 10.1. The van der Waals surface area contributed by atoms with Crippen molar-refractivity contribution in [2.24, 2.45) is 5.92 Å². The summed E-state index contributed by atoms with van der Waals surface area (Å²) in [6.07, 6.45) is 2.82. The third-order valence-corrected chi connectivity index (χ3v) is 3.41. The summed E-state index contributed by atoms with van der Waals surface area (Å²) in [5, 5.41) is 11.3. The van der Waals surface area contributed by atoms with Crippen LogP contribution in [0.15, 0.2) is 30.5 Å². The maximum Gasteiger partial charge on any atom is 0.0741 e. The number of rotatable bonds is 4. The van der Waals surface area contributed by atoms with Gasteiger partial charge < -0.3 is 9.67 Å². The van der Waals surface area contributed by atoms with Crippen molar-refractivity contribution in [1.29, 1.82) is 0 Å². The van der Waals surface area contributed by atoms with Crippen LogP contribution in [0.25, 0.3) is 10.9 Å². The SMILES string of the molecule is CCc1cccc2ccn(CC(O)C(C)C)c12. The summed E-state index contributed by atoms with van der Waals surface area (Å²) in [6.45, 7) is 6.96. The highest BCUT2D eigenvalue weighted by Crippen LogP contribution is 2.21. The van der Waals surface area contributed by atoms with Crippen molar-refractivity contribution in [3.8, 4) is 0 Å². The number of aryl methyl sites for hydroxylation is 1. The van der Waals surface area contributed by atoms with E-state index in [0.29, 0.717) is 12.5 Å². The molecule has 0 radical (unpaired) electrons. The maximum atomic E-state index is 10.0. The van der Waals surface area contributed by atoms with Crippen LogP contribution in [-0.4, -0.2) is 15.8 Å². The molecular weight excluding hydrogens is 210 g/mol. The quantitative estimate of drug-likeness (QED) is 0.858. The Morgan fingerprint density at radius 3 is 2.65 bits per heavy atom. The highest BCUT2D eigenvalue weighted by Gasteiger charge is 2.12. The van der Waals surface area contributed by atoms with Gasteiger partial charge in [-0.15, -0.1) is 0 Å². The van der Waals surface area contributed by atoms with Crippen molar-refractivity contribution >= 4 is 10.9 Å². The van der Waals surface area contributed by atoms with Crippen molar-refractivity contribution in [3.05, 3.63) is 36.0 Å². The molecule has 0 bridgehead atoms. The van der Waals surface area contributed by atoms with Crippen LogP contribution in [0.1, 0.15) is 26.3 Å². The summed E-state index contributed by atoms with van der Waals surface area (Å²) in [4.78, 5) is 0. The molecule has 2 rings (SSSR count). The van der Waals surface area contributed by atoms with Gasteiger partial charge in [0.25, 0.3) is 0 Å². The number of hydrogen-bond donors (Lipinski definition) is 1. The Kier molecular flexibility index (Phi) is 3.53. The lowest BCUT2D eigenvalue weighted by molar-refractivity contribution is 0.108. The van der Waals surface area contributed by atoms with E-state index in [1.807, 2.05) is 0 Å². The first kappa shape index (κ1) is 12.2. The van der Waals surface area contributed by atoms with Gasteiger partial charge in [-0.2, -0.15) is 0 Å². The fourth-order valence-corrected chi connectivity index (χ4v) is 2.19. The van der Waals surface area contributed by atoms with Crippen LogP contribution in [0, 0.1) is 5.92 Å². The standard InChI is InChI=1S/C15H21NO/c1-4-12-6-5-7-13-8-9-16(15(12)13)10-14(17)11(2)3/h5-9,11,14,17H,4,10H2,1-3H3. The number of aliphatic hydroxyl groups excluding tert-OH is 1. The minimum Gasteiger partial charge on any atom is -0.391 e. The smallest absolute Gasteiger partial charge is 0.0741 e. The van der Waals surface area contributed by atoms with Gasteiger partial charge in [0.2, 0.25) is 0 Å². The van der Waals surface area contributed by atoms with Crippen LogP contribution >= 0.6 is 0 Å². The van der Waals surface area contributed by atoms with Gasteiger partial charge >= 0.3 is 0 Å². The molecular formula is C15H21NO. The molecule has 0 aliphatic heterocycles. The first-order valence-corrected chi connectivity index (χ1v) is 6.38. The molecule has 0 saturated heterocycles. The highest BCUT2D eigenvalue weighted by atomic mass is 16.3. The predicted octanol–water partition coefficient (Wildman–Crippen LogP) is 3.22. The largest absolute Gasteiger partial charge is 0.391 e. The predicted molar refractivity (Wildman–Crippen MR) is 72.2 cm³/mol. The summed E-state index contributed by atoms with van der Waals surface area (Å²) in [5.74, 6) is 0.293. The van der Waals surface area contributed by atoms with Gasteiger partial charge in [0.05, 0.1) is 11.6 Å². The van der Waals surface area contributed by atoms with Crippen molar-refractivity contribution in [2.75, 3.05) is 0 Å². The molecule has 1 unspecified atom stereocenters. The second kappa shape index (κ2) is 4.92. The van der Waals surface area contributed by atoms with Gasteiger partial charge in [-0.1, -0.05) is 39.0 Å². The third-order valence-electron chi connectivity index (χ3n) is 3.41. The number of para-hydroxylation sites is 1. The molecule has 2 aromatic rings. The number of hydrogen-bond acceptors (Lipinski definition) is 1. The van der Waals surface area contributed by atoms with Crippen LogP contribution in [0.2, 0.25) is 0 Å². The first-order chi connectivity index (χ1) is 8.13. The molecule has 1 heterocycles. The van der Waals surface area contributed by atoms with Crippen LogP contribution in [0.5, 0.6) is 0 Å². The molecule has 92 valence electrons. The molecule has 0 saturated carbocycles. The second-order valence-electron chi connectivity index (χ2n) is 4.99. The zero-order chi connectivity index (χ0) is 12.4. The minimum atomic E-state index is -0.282. The fraction of sp³-hybridized carbons (Fsp3) is 0.467. The zero-order valence-electron chi connectivity index (χ0n) is 10.9. The van der Waals surface area contributed by atoms with E-state index in [0.717, 1.165) is 6.42 Å². The summed E-state index contributed by atoms with van der Waals surface area (Å²) in [7, 11) is 0. The maximum absolute atomic E-state index is 10.0. The number of aromatic nitrogens is 1. The Bertz CT molecular complexity index is 499. The van der Waals surface area contributed by atoms with Crippen molar-refractivity contribution in [2.45, 2.75) is 39.8 Å². The highest BCUT2D eigenvalue weighted by molar-refractivity contribution is 5.83. The molecule has 0 aliphatic carbocycles. The first-order valence-electron chi connectivity index (χ1n) is 6.38. The molecule has 1 aromatic heterocycles. The Morgan fingerprint density at radius 1 is 1.24 bits per heavy atom. The molecule has 2 heteroatoms. The van der Waals surface area contributed by atoms with E-state index >= 15 is 0 Å². The van der Waals surface area contributed by atoms with Crippen LogP contribution < -0.4 is 0 Å². The normalized spacial score (nSPS) is 13.5.